The molecule has 86 valence electrons. The van der Waals surface area contributed by atoms with Crippen molar-refractivity contribution in [2.45, 2.75) is 39.0 Å². The monoisotopic (exact) mass is 222 g/mol. The molecule has 0 aliphatic rings. The predicted octanol–water partition coefficient (Wildman–Crippen LogP) is 1.25. The van der Waals surface area contributed by atoms with Crippen LogP contribution in [-0.2, 0) is 19.5 Å². The Bertz CT molecular complexity index is 318. The Hall–Kier alpha value is -1.11. The Labute approximate surface area is 85.3 Å². The van der Waals surface area contributed by atoms with Crippen molar-refractivity contribution in [2.24, 2.45) is 5.73 Å². The Balaban J connectivity index is 2.73. The number of nitrogens with two attached hydrogens (primary N) is 1. The molecule has 0 saturated carbocycles. The van der Waals surface area contributed by atoms with Crippen LogP contribution in [0.4, 0.5) is 13.2 Å². The average molecular weight is 222 g/mol. The van der Waals surface area contributed by atoms with Gasteiger partial charge in [-0.05, 0) is 6.92 Å². The van der Waals surface area contributed by atoms with Crippen LogP contribution in [0.3, 0.4) is 0 Å². The summed E-state index contributed by atoms with van der Waals surface area (Å²) in [5, 5.41) is 7.42. The molecule has 1 aromatic heterocycles. The van der Waals surface area contributed by atoms with Gasteiger partial charge in [-0.15, -0.1) is 10.2 Å². The van der Waals surface area contributed by atoms with Gasteiger partial charge in [-0.1, -0.05) is 0 Å². The Morgan fingerprint density at radius 1 is 1.27 bits per heavy atom. The molecule has 1 aromatic rings. The van der Waals surface area contributed by atoms with Gasteiger partial charge in [0.25, 0.3) is 0 Å². The molecule has 0 fully saturated rings. The highest BCUT2D eigenvalue weighted by molar-refractivity contribution is 4.96. The molecule has 4 nitrogen and oxygen atoms in total. The van der Waals surface area contributed by atoms with Crippen molar-refractivity contribution < 1.29 is 13.2 Å². The van der Waals surface area contributed by atoms with Gasteiger partial charge in [-0.25, -0.2) is 0 Å². The average Bonchev–Trinajstić information content (AvgIpc) is 2.55. The van der Waals surface area contributed by atoms with E-state index in [2.05, 4.69) is 10.2 Å². The van der Waals surface area contributed by atoms with Crippen molar-refractivity contribution in [1.29, 1.82) is 0 Å². The van der Waals surface area contributed by atoms with Crippen LogP contribution in [0.15, 0.2) is 0 Å². The number of aromatic nitrogens is 3. The number of halogens is 3. The Morgan fingerprint density at radius 2 is 1.87 bits per heavy atom. The molecule has 0 spiro atoms. The zero-order valence-electron chi connectivity index (χ0n) is 8.38. The standard InChI is InChI=1S/C8H13F3N4/c1-2-15-6(3-4-8(9,10)11)13-14-7(15)5-12/h2-5,12H2,1H3. The fourth-order valence-corrected chi connectivity index (χ4v) is 1.33. The van der Waals surface area contributed by atoms with Crippen LogP contribution in [0.25, 0.3) is 0 Å². The van der Waals surface area contributed by atoms with Crippen LogP contribution in [0.5, 0.6) is 0 Å². The summed E-state index contributed by atoms with van der Waals surface area (Å²) >= 11 is 0. The highest BCUT2D eigenvalue weighted by Crippen LogP contribution is 2.21. The van der Waals surface area contributed by atoms with Gasteiger partial charge in [-0.2, -0.15) is 13.2 Å². The summed E-state index contributed by atoms with van der Waals surface area (Å²) in [5.41, 5.74) is 5.38. The third-order valence-electron chi connectivity index (χ3n) is 2.03. The van der Waals surface area contributed by atoms with Gasteiger partial charge in [0.05, 0.1) is 13.0 Å². The smallest absolute Gasteiger partial charge is 0.324 e. The number of hydrogen-bond acceptors (Lipinski definition) is 3. The van der Waals surface area contributed by atoms with E-state index in [1.54, 1.807) is 4.57 Å². The fraction of sp³-hybridized carbons (Fsp3) is 0.750. The van der Waals surface area contributed by atoms with Crippen LogP contribution in [-0.4, -0.2) is 20.9 Å². The maximum absolute atomic E-state index is 12.0. The van der Waals surface area contributed by atoms with Gasteiger partial charge in [0.1, 0.15) is 11.6 Å². The van der Waals surface area contributed by atoms with E-state index in [1.807, 2.05) is 6.92 Å². The zero-order valence-corrected chi connectivity index (χ0v) is 8.38. The number of aryl methyl sites for hydroxylation is 1. The number of rotatable bonds is 4. The lowest BCUT2D eigenvalue weighted by atomic mass is 10.3. The molecule has 7 heteroatoms. The molecule has 0 unspecified atom stereocenters. The summed E-state index contributed by atoms with van der Waals surface area (Å²) in [5.74, 6) is 0.866. The first-order valence-corrected chi connectivity index (χ1v) is 4.65. The molecule has 0 aromatic carbocycles. The Morgan fingerprint density at radius 3 is 2.33 bits per heavy atom. The number of hydrogen-bond donors (Lipinski definition) is 1. The number of nitrogens with zero attached hydrogens (tertiary/aromatic N) is 3. The second-order valence-corrected chi connectivity index (χ2v) is 3.10. The summed E-state index contributed by atoms with van der Waals surface area (Å²) in [6.45, 7) is 2.54. The molecule has 0 bridgehead atoms. The van der Waals surface area contributed by atoms with E-state index in [1.165, 1.54) is 0 Å². The lowest BCUT2D eigenvalue weighted by Crippen LogP contribution is -2.13. The molecule has 1 heterocycles. The first-order chi connectivity index (χ1) is 6.98. The molecule has 0 aliphatic heterocycles. The molecule has 0 radical (unpaired) electrons. The van der Waals surface area contributed by atoms with Crippen molar-refractivity contribution in [2.75, 3.05) is 0 Å². The highest BCUT2D eigenvalue weighted by atomic mass is 19.4. The second kappa shape index (κ2) is 4.61. The maximum atomic E-state index is 12.0. The lowest BCUT2D eigenvalue weighted by molar-refractivity contribution is -0.134. The van der Waals surface area contributed by atoms with Crippen molar-refractivity contribution in [1.82, 2.24) is 14.8 Å². The lowest BCUT2D eigenvalue weighted by Gasteiger charge is -2.07. The van der Waals surface area contributed by atoms with Gasteiger partial charge in [-0.3, -0.25) is 0 Å². The summed E-state index contributed by atoms with van der Waals surface area (Å²) in [6.07, 6.45) is -5.19. The molecule has 0 amide bonds. The van der Waals surface area contributed by atoms with E-state index in [0.29, 0.717) is 18.2 Å². The van der Waals surface area contributed by atoms with Crippen LogP contribution < -0.4 is 5.73 Å². The van der Waals surface area contributed by atoms with Crippen LogP contribution in [0.1, 0.15) is 25.0 Å². The van der Waals surface area contributed by atoms with E-state index in [-0.39, 0.29) is 13.0 Å². The molecule has 0 aliphatic carbocycles. The van der Waals surface area contributed by atoms with Gasteiger partial charge >= 0.3 is 6.18 Å². The predicted molar refractivity (Wildman–Crippen MR) is 48.0 cm³/mol. The minimum Gasteiger partial charge on any atom is -0.324 e. The molecule has 0 saturated heterocycles. The van der Waals surface area contributed by atoms with E-state index in [0.717, 1.165) is 0 Å². The Kier molecular flexibility index (Phi) is 3.67. The van der Waals surface area contributed by atoms with Crippen molar-refractivity contribution in [3.8, 4) is 0 Å². The normalized spacial score (nSPS) is 12.1. The quantitative estimate of drug-likeness (QED) is 0.834. The van der Waals surface area contributed by atoms with Gasteiger partial charge in [0.15, 0.2) is 0 Å². The molecular weight excluding hydrogens is 209 g/mol. The van der Waals surface area contributed by atoms with E-state index < -0.39 is 12.6 Å². The summed E-state index contributed by atoms with van der Waals surface area (Å²) in [7, 11) is 0. The topological polar surface area (TPSA) is 56.7 Å². The maximum Gasteiger partial charge on any atom is 0.389 e. The molecule has 15 heavy (non-hydrogen) atoms. The molecule has 0 atom stereocenters. The van der Waals surface area contributed by atoms with E-state index in [9.17, 15) is 13.2 Å². The zero-order chi connectivity index (χ0) is 11.5. The first-order valence-electron chi connectivity index (χ1n) is 4.65. The first kappa shape index (κ1) is 12.0. The van der Waals surface area contributed by atoms with Crippen LogP contribution in [0, 0.1) is 0 Å². The van der Waals surface area contributed by atoms with Crippen LogP contribution >= 0.6 is 0 Å². The minimum absolute atomic E-state index is 0.148. The van der Waals surface area contributed by atoms with Gasteiger partial charge in [0.2, 0.25) is 0 Å². The van der Waals surface area contributed by atoms with Gasteiger partial charge in [0, 0.05) is 13.0 Å². The van der Waals surface area contributed by atoms with Crippen molar-refractivity contribution in [3.63, 3.8) is 0 Å². The van der Waals surface area contributed by atoms with E-state index in [4.69, 9.17) is 5.73 Å². The highest BCUT2D eigenvalue weighted by Gasteiger charge is 2.27. The fourth-order valence-electron chi connectivity index (χ4n) is 1.33. The van der Waals surface area contributed by atoms with Crippen molar-refractivity contribution in [3.05, 3.63) is 11.6 Å². The summed E-state index contributed by atoms with van der Waals surface area (Å²) in [6, 6.07) is 0. The largest absolute Gasteiger partial charge is 0.389 e. The second-order valence-electron chi connectivity index (χ2n) is 3.10. The van der Waals surface area contributed by atoms with Crippen LogP contribution in [0.2, 0.25) is 0 Å². The third-order valence-corrected chi connectivity index (χ3v) is 2.03. The molecule has 1 rings (SSSR count). The minimum atomic E-state index is -4.16. The molecule has 2 N–H and O–H groups in total. The van der Waals surface area contributed by atoms with E-state index >= 15 is 0 Å². The molecular formula is C8H13F3N4. The SMILES string of the molecule is CCn1c(CN)nnc1CCC(F)(F)F. The van der Waals surface area contributed by atoms with Crippen molar-refractivity contribution >= 4 is 0 Å². The number of alkyl halides is 3. The summed E-state index contributed by atoms with van der Waals surface area (Å²) < 4.78 is 37.6. The van der Waals surface area contributed by atoms with Gasteiger partial charge < -0.3 is 10.3 Å². The third kappa shape index (κ3) is 3.19. The summed E-state index contributed by atoms with van der Waals surface area (Å²) in [4.78, 5) is 0.